The lowest BCUT2D eigenvalue weighted by Crippen LogP contribution is -2.19. The largest absolute Gasteiger partial charge is 0.310 e. The molecule has 300 valence electrons. The third-order valence-electron chi connectivity index (χ3n) is 13.1. The van der Waals surface area contributed by atoms with E-state index in [1.165, 1.54) is 82.8 Å². The minimum Gasteiger partial charge on any atom is -0.310 e. The van der Waals surface area contributed by atoms with Crippen molar-refractivity contribution in [1.29, 1.82) is 0 Å². The molecule has 9 aromatic carbocycles. The summed E-state index contributed by atoms with van der Waals surface area (Å²) < 4.78 is 0. The third-order valence-corrected chi connectivity index (χ3v) is 13.1. The topological polar surface area (TPSA) is 6.48 Å². The Morgan fingerprint density at radius 2 is 0.820 bits per heavy atom. The molecule has 0 spiro atoms. The Morgan fingerprint density at radius 3 is 1.39 bits per heavy atom. The maximum atomic E-state index is 2.52. The van der Waals surface area contributed by atoms with Crippen molar-refractivity contribution in [3.63, 3.8) is 0 Å². The van der Waals surface area contributed by atoms with Crippen LogP contribution < -0.4 is 9.80 Å². The molecule has 0 saturated carbocycles. The minimum atomic E-state index is -0.297. The van der Waals surface area contributed by atoms with Gasteiger partial charge < -0.3 is 9.80 Å². The molecule has 0 fully saturated rings. The van der Waals surface area contributed by atoms with Crippen LogP contribution in [-0.2, 0) is 16.2 Å². The molecular formula is C59H54N2. The first-order valence-electron chi connectivity index (χ1n) is 21.8. The second kappa shape index (κ2) is 14.2. The number of anilines is 6. The van der Waals surface area contributed by atoms with E-state index in [4.69, 9.17) is 0 Å². The number of benzene rings is 9. The first-order chi connectivity index (χ1) is 29.3. The molecule has 0 atom stereocenters. The van der Waals surface area contributed by atoms with Gasteiger partial charge in [-0.1, -0.05) is 183 Å². The lowest BCUT2D eigenvalue weighted by molar-refractivity contribution is 0.590. The molecule has 0 aliphatic heterocycles. The van der Waals surface area contributed by atoms with Crippen LogP contribution in [0.15, 0.2) is 182 Å². The fourth-order valence-electron chi connectivity index (χ4n) is 9.74. The Bertz CT molecular complexity index is 3140. The van der Waals surface area contributed by atoms with Crippen LogP contribution in [0.1, 0.15) is 77.6 Å². The lowest BCUT2D eigenvalue weighted by atomic mass is 9.81. The summed E-state index contributed by atoms with van der Waals surface area (Å²) in [6.07, 6.45) is 0. The van der Waals surface area contributed by atoms with E-state index < -0.39 is 0 Å². The zero-order valence-corrected chi connectivity index (χ0v) is 36.7. The van der Waals surface area contributed by atoms with Crippen molar-refractivity contribution in [2.24, 2.45) is 0 Å². The Kier molecular flexibility index (Phi) is 9.00. The molecule has 1 aliphatic rings. The maximum Gasteiger partial charge on any atom is 0.0543 e. The lowest BCUT2D eigenvalue weighted by Gasteiger charge is -2.32. The summed E-state index contributed by atoms with van der Waals surface area (Å²) >= 11 is 0. The van der Waals surface area contributed by atoms with Crippen LogP contribution in [0.25, 0.3) is 43.4 Å². The Hall–Kier alpha value is -6.64. The fraction of sp³-hybridized carbons (Fsp3) is 0.186. The Labute approximate surface area is 361 Å². The molecule has 0 heterocycles. The Morgan fingerprint density at radius 1 is 0.361 bits per heavy atom. The summed E-state index contributed by atoms with van der Waals surface area (Å²) in [5.41, 5.74) is 14.7. The van der Waals surface area contributed by atoms with Gasteiger partial charge >= 0.3 is 0 Å². The van der Waals surface area contributed by atoms with E-state index in [9.17, 15) is 0 Å². The van der Waals surface area contributed by atoms with Crippen LogP contribution in [0.5, 0.6) is 0 Å². The van der Waals surface area contributed by atoms with E-state index >= 15 is 0 Å². The second-order valence-corrected chi connectivity index (χ2v) is 19.5. The van der Waals surface area contributed by atoms with Crippen molar-refractivity contribution >= 4 is 66.4 Å². The van der Waals surface area contributed by atoms with Crippen molar-refractivity contribution in [2.45, 2.75) is 71.6 Å². The summed E-state index contributed by atoms with van der Waals surface area (Å²) in [6.45, 7) is 18.6. The molecular weight excluding hydrogens is 737 g/mol. The van der Waals surface area contributed by atoms with Crippen LogP contribution in [-0.4, -0.2) is 0 Å². The Balaban J connectivity index is 1.21. The van der Waals surface area contributed by atoms with Crippen molar-refractivity contribution in [3.05, 3.63) is 204 Å². The van der Waals surface area contributed by atoms with Gasteiger partial charge in [-0.15, -0.1) is 0 Å². The molecule has 10 rings (SSSR count). The summed E-state index contributed by atoms with van der Waals surface area (Å²) in [5, 5.41) is 7.43. The number of nitrogens with zero attached hydrogens (tertiary/aromatic N) is 2. The van der Waals surface area contributed by atoms with Gasteiger partial charge in [-0.3, -0.25) is 0 Å². The highest BCUT2D eigenvalue weighted by Crippen LogP contribution is 2.56. The predicted molar refractivity (Wildman–Crippen MR) is 263 cm³/mol. The first kappa shape index (κ1) is 38.6. The second-order valence-electron chi connectivity index (χ2n) is 19.5. The van der Waals surface area contributed by atoms with Crippen LogP contribution >= 0.6 is 0 Å². The number of hydrogen-bond acceptors (Lipinski definition) is 2. The van der Waals surface area contributed by atoms with Gasteiger partial charge in [-0.05, 0) is 115 Å². The van der Waals surface area contributed by atoms with Crippen molar-refractivity contribution in [2.75, 3.05) is 9.80 Å². The van der Waals surface area contributed by atoms with Gasteiger partial charge in [0.15, 0.2) is 0 Å². The van der Waals surface area contributed by atoms with E-state index in [0.29, 0.717) is 0 Å². The molecule has 0 amide bonds. The van der Waals surface area contributed by atoms with Gasteiger partial charge in [0.25, 0.3) is 0 Å². The number of rotatable bonds is 6. The minimum absolute atomic E-state index is 0.00420. The molecule has 0 bridgehead atoms. The molecule has 0 saturated heterocycles. The van der Waals surface area contributed by atoms with Gasteiger partial charge in [-0.25, -0.2) is 0 Å². The first-order valence-corrected chi connectivity index (χ1v) is 21.8. The summed E-state index contributed by atoms with van der Waals surface area (Å²) in [7, 11) is 0. The van der Waals surface area contributed by atoms with E-state index in [2.05, 4.69) is 247 Å². The fourth-order valence-corrected chi connectivity index (χ4v) is 9.74. The van der Waals surface area contributed by atoms with E-state index in [1.54, 1.807) is 0 Å². The standard InChI is InChI=1S/C59H54N2/c1-57(2,3)41-23-17-25-43(35-41)60(53-31-15-21-39-19-9-11-27-46(39)53)45-33-34-50-51(37-45)59(7,8)52-38-55(48-29-13-14-30-49(48)56(50)52)61(44-26-18-24-42(36-44)58(4,5)6)54-32-16-22-40-20-10-12-28-47(40)54/h9-38H,1-8H3. The molecule has 0 unspecified atom stereocenters. The van der Waals surface area contributed by atoms with Crippen molar-refractivity contribution in [1.82, 2.24) is 0 Å². The van der Waals surface area contributed by atoms with Crippen LogP contribution in [0.2, 0.25) is 0 Å². The van der Waals surface area contributed by atoms with Gasteiger partial charge in [0.05, 0.1) is 17.1 Å². The van der Waals surface area contributed by atoms with Gasteiger partial charge in [0, 0.05) is 38.6 Å². The van der Waals surface area contributed by atoms with Crippen LogP contribution in [0.3, 0.4) is 0 Å². The quantitative estimate of drug-likeness (QED) is 0.166. The zero-order valence-electron chi connectivity index (χ0n) is 36.7. The average Bonchev–Trinajstić information content (AvgIpc) is 3.49. The molecule has 61 heavy (non-hydrogen) atoms. The zero-order chi connectivity index (χ0) is 42.3. The van der Waals surface area contributed by atoms with E-state index in [0.717, 1.165) is 17.1 Å². The summed E-state index contributed by atoms with van der Waals surface area (Å²) in [5.74, 6) is 0. The van der Waals surface area contributed by atoms with E-state index in [1.807, 2.05) is 0 Å². The highest BCUT2D eigenvalue weighted by molar-refractivity contribution is 6.12. The molecule has 0 N–H and O–H groups in total. The van der Waals surface area contributed by atoms with Gasteiger partial charge in [0.1, 0.15) is 0 Å². The monoisotopic (exact) mass is 790 g/mol. The maximum absolute atomic E-state index is 2.52. The normalized spacial score (nSPS) is 13.4. The van der Waals surface area contributed by atoms with E-state index in [-0.39, 0.29) is 16.2 Å². The summed E-state index contributed by atoms with van der Waals surface area (Å²) in [6, 6.07) is 68.0. The van der Waals surface area contributed by atoms with Crippen molar-refractivity contribution < 1.29 is 0 Å². The number of fused-ring (bicyclic) bond motifs is 7. The van der Waals surface area contributed by atoms with Gasteiger partial charge in [-0.2, -0.15) is 0 Å². The molecule has 9 aromatic rings. The van der Waals surface area contributed by atoms with Gasteiger partial charge in [0.2, 0.25) is 0 Å². The molecule has 1 aliphatic carbocycles. The molecule has 0 aromatic heterocycles. The molecule has 2 heteroatoms. The molecule has 2 nitrogen and oxygen atoms in total. The van der Waals surface area contributed by atoms with Crippen LogP contribution in [0.4, 0.5) is 34.1 Å². The van der Waals surface area contributed by atoms with Crippen molar-refractivity contribution in [3.8, 4) is 11.1 Å². The SMILES string of the molecule is CC(C)(C)c1cccc(N(c2ccc3c(c2)C(C)(C)c2cc(N(c4cccc(C(C)(C)C)c4)c4cccc5ccccc45)c4ccccc4c2-3)c2cccc3ccccc23)c1. The molecule has 0 radical (unpaired) electrons. The average molecular weight is 791 g/mol. The number of hydrogen-bond donors (Lipinski definition) is 0. The smallest absolute Gasteiger partial charge is 0.0543 e. The predicted octanol–water partition coefficient (Wildman–Crippen LogP) is 17.0. The highest BCUT2D eigenvalue weighted by Gasteiger charge is 2.39. The third kappa shape index (κ3) is 6.48. The summed E-state index contributed by atoms with van der Waals surface area (Å²) in [4.78, 5) is 5.00. The van der Waals surface area contributed by atoms with Crippen LogP contribution in [0, 0.1) is 0 Å². The highest BCUT2D eigenvalue weighted by atomic mass is 15.2.